The second-order valence-electron chi connectivity index (χ2n) is 5.93. The molecule has 4 nitrogen and oxygen atoms in total. The quantitative estimate of drug-likeness (QED) is 0.521. The predicted octanol–water partition coefficient (Wildman–Crippen LogP) is 5.48. The summed E-state index contributed by atoms with van der Waals surface area (Å²) < 4.78 is 40.2. The van der Waals surface area contributed by atoms with E-state index in [0.717, 1.165) is 16.8 Å². The summed E-state index contributed by atoms with van der Waals surface area (Å²) in [5.41, 5.74) is -0.183. The third kappa shape index (κ3) is 3.21. The first-order valence-electron chi connectivity index (χ1n) is 7.61. The van der Waals surface area contributed by atoms with Crippen molar-refractivity contribution >= 4 is 46.3 Å². The van der Waals surface area contributed by atoms with Crippen molar-refractivity contribution in [3.8, 4) is 0 Å². The Morgan fingerprint density at radius 2 is 1.85 bits per heavy atom. The van der Waals surface area contributed by atoms with Crippen LogP contribution in [-0.2, 0) is 6.18 Å². The number of nitrogens with zero attached hydrogens (tertiary/aromatic N) is 2. The van der Waals surface area contributed by atoms with Crippen molar-refractivity contribution in [2.45, 2.75) is 20.0 Å². The zero-order valence-electron chi connectivity index (χ0n) is 14.0. The fraction of sp³-hybridized carbons (Fsp3) is 0.167. The molecule has 3 aromatic rings. The molecule has 0 amide bonds. The standard InChI is InChI=1S/C18H11Cl2F3N2O2/c1-8-5-11(18(21,22)23)6-12-9(2)25(24-16(8)12)17(27)14-13(19)4-3-10(7-26)15(14)20/h3-7H,1-2H3. The maximum absolute atomic E-state index is 13.1. The summed E-state index contributed by atoms with van der Waals surface area (Å²) in [4.78, 5) is 24.0. The van der Waals surface area contributed by atoms with Crippen molar-refractivity contribution in [1.29, 1.82) is 0 Å². The SMILES string of the molecule is Cc1cc(C(F)(F)F)cc2c(C)n(C(=O)c3c(Cl)ccc(C=O)c3Cl)nc12. The summed E-state index contributed by atoms with van der Waals surface area (Å²) in [6.07, 6.45) is -4.05. The second kappa shape index (κ2) is 6.65. The van der Waals surface area contributed by atoms with Gasteiger partial charge in [-0.15, -0.1) is 0 Å². The van der Waals surface area contributed by atoms with E-state index in [0.29, 0.717) is 6.29 Å². The average Bonchev–Trinajstić information content (AvgIpc) is 2.92. The van der Waals surface area contributed by atoms with E-state index in [1.807, 2.05) is 0 Å². The van der Waals surface area contributed by atoms with Crippen molar-refractivity contribution in [2.24, 2.45) is 0 Å². The Morgan fingerprint density at radius 3 is 2.44 bits per heavy atom. The molecule has 0 aliphatic carbocycles. The number of carbonyl (C=O) groups excluding carboxylic acids is 2. The van der Waals surface area contributed by atoms with Gasteiger partial charge in [0.2, 0.25) is 0 Å². The van der Waals surface area contributed by atoms with Crippen LogP contribution in [0.5, 0.6) is 0 Å². The van der Waals surface area contributed by atoms with Crippen molar-refractivity contribution in [3.63, 3.8) is 0 Å². The van der Waals surface area contributed by atoms with Gasteiger partial charge in [0, 0.05) is 10.9 Å². The summed E-state index contributed by atoms with van der Waals surface area (Å²) in [6.45, 7) is 2.95. The molecule has 0 aliphatic rings. The van der Waals surface area contributed by atoms with E-state index in [2.05, 4.69) is 5.10 Å². The van der Waals surface area contributed by atoms with Gasteiger partial charge in [-0.2, -0.15) is 23.0 Å². The largest absolute Gasteiger partial charge is 0.416 e. The molecule has 0 aliphatic heterocycles. The number of benzene rings is 2. The Hall–Kier alpha value is -2.38. The first-order valence-corrected chi connectivity index (χ1v) is 8.37. The summed E-state index contributed by atoms with van der Waals surface area (Å²) in [7, 11) is 0. The summed E-state index contributed by atoms with van der Waals surface area (Å²) >= 11 is 12.2. The summed E-state index contributed by atoms with van der Waals surface area (Å²) in [5.74, 6) is -0.740. The van der Waals surface area contributed by atoms with Crippen LogP contribution in [0.1, 0.15) is 37.5 Å². The van der Waals surface area contributed by atoms with Gasteiger partial charge in [0.1, 0.15) is 0 Å². The molecule has 3 rings (SSSR count). The first-order chi connectivity index (χ1) is 12.6. The van der Waals surface area contributed by atoms with E-state index in [-0.39, 0.29) is 43.3 Å². The van der Waals surface area contributed by atoms with E-state index in [4.69, 9.17) is 23.2 Å². The van der Waals surface area contributed by atoms with Gasteiger partial charge in [-0.3, -0.25) is 9.59 Å². The zero-order valence-corrected chi connectivity index (χ0v) is 15.5. The number of alkyl halides is 3. The van der Waals surface area contributed by atoms with Gasteiger partial charge in [0.15, 0.2) is 6.29 Å². The minimum Gasteiger partial charge on any atom is -0.298 e. The molecule has 0 N–H and O–H groups in total. The lowest BCUT2D eigenvalue weighted by Gasteiger charge is -2.09. The molecule has 9 heteroatoms. The molecule has 2 aromatic carbocycles. The zero-order chi connectivity index (χ0) is 20.1. The van der Waals surface area contributed by atoms with E-state index < -0.39 is 17.6 Å². The van der Waals surface area contributed by atoms with Gasteiger partial charge in [0.25, 0.3) is 5.91 Å². The van der Waals surface area contributed by atoms with Crippen LogP contribution in [0.25, 0.3) is 10.9 Å². The topological polar surface area (TPSA) is 52.0 Å². The first kappa shape index (κ1) is 19.4. The van der Waals surface area contributed by atoms with Crippen LogP contribution in [0.4, 0.5) is 13.2 Å². The third-order valence-corrected chi connectivity index (χ3v) is 4.91. The van der Waals surface area contributed by atoms with E-state index in [1.165, 1.54) is 26.0 Å². The van der Waals surface area contributed by atoms with Crippen molar-refractivity contribution in [1.82, 2.24) is 9.78 Å². The third-order valence-electron chi connectivity index (χ3n) is 4.19. The van der Waals surface area contributed by atoms with E-state index in [9.17, 15) is 22.8 Å². The minimum absolute atomic E-state index is 0.00209. The Balaban J connectivity index is 2.25. The molecule has 140 valence electrons. The molecule has 0 spiro atoms. The van der Waals surface area contributed by atoms with E-state index >= 15 is 0 Å². The number of fused-ring (bicyclic) bond motifs is 1. The Bertz CT molecular complexity index is 1100. The molecule has 0 radical (unpaired) electrons. The van der Waals surface area contributed by atoms with Crippen LogP contribution in [-0.4, -0.2) is 22.0 Å². The summed E-state index contributed by atoms with van der Waals surface area (Å²) in [6, 6.07) is 4.62. The highest BCUT2D eigenvalue weighted by molar-refractivity contribution is 6.41. The Kier molecular flexibility index (Phi) is 4.78. The number of aryl methyl sites for hydroxylation is 2. The monoisotopic (exact) mass is 414 g/mol. The van der Waals surface area contributed by atoms with Crippen molar-refractivity contribution < 1.29 is 22.8 Å². The number of aromatic nitrogens is 2. The number of carbonyl (C=O) groups is 2. The van der Waals surface area contributed by atoms with Crippen LogP contribution in [0.2, 0.25) is 10.0 Å². The molecule has 0 bridgehead atoms. The van der Waals surface area contributed by atoms with Crippen LogP contribution in [0.3, 0.4) is 0 Å². The lowest BCUT2D eigenvalue weighted by atomic mass is 10.1. The van der Waals surface area contributed by atoms with Gasteiger partial charge in [0.05, 0.1) is 32.4 Å². The number of hydrogen-bond donors (Lipinski definition) is 0. The lowest BCUT2D eigenvalue weighted by molar-refractivity contribution is -0.137. The van der Waals surface area contributed by atoms with Crippen LogP contribution in [0.15, 0.2) is 24.3 Å². The molecule has 0 fully saturated rings. The van der Waals surface area contributed by atoms with Crippen molar-refractivity contribution in [2.75, 3.05) is 0 Å². The van der Waals surface area contributed by atoms with Gasteiger partial charge >= 0.3 is 6.18 Å². The average molecular weight is 415 g/mol. The van der Waals surface area contributed by atoms with Crippen LogP contribution in [0, 0.1) is 13.8 Å². The number of aldehydes is 1. The molecule has 0 unspecified atom stereocenters. The second-order valence-corrected chi connectivity index (χ2v) is 6.72. The summed E-state index contributed by atoms with van der Waals surface area (Å²) in [5, 5.41) is 4.19. The Morgan fingerprint density at radius 1 is 1.19 bits per heavy atom. The molecule has 1 aromatic heterocycles. The van der Waals surface area contributed by atoms with Gasteiger partial charge in [-0.1, -0.05) is 23.2 Å². The predicted molar refractivity (Wildman–Crippen MR) is 95.8 cm³/mol. The van der Waals surface area contributed by atoms with Gasteiger partial charge < -0.3 is 0 Å². The van der Waals surface area contributed by atoms with Gasteiger partial charge in [-0.25, -0.2) is 0 Å². The lowest BCUT2D eigenvalue weighted by Crippen LogP contribution is -2.16. The molecule has 0 saturated heterocycles. The van der Waals surface area contributed by atoms with Gasteiger partial charge in [-0.05, 0) is 43.7 Å². The van der Waals surface area contributed by atoms with Crippen molar-refractivity contribution in [3.05, 3.63) is 62.3 Å². The fourth-order valence-electron chi connectivity index (χ4n) is 2.80. The molecule has 0 atom stereocenters. The minimum atomic E-state index is -4.53. The highest BCUT2D eigenvalue weighted by Crippen LogP contribution is 2.35. The fourth-order valence-corrected chi connectivity index (χ4v) is 3.38. The maximum Gasteiger partial charge on any atom is 0.416 e. The van der Waals surface area contributed by atoms with E-state index in [1.54, 1.807) is 0 Å². The van der Waals surface area contributed by atoms with Crippen LogP contribution >= 0.6 is 23.2 Å². The highest BCUT2D eigenvalue weighted by Gasteiger charge is 2.32. The number of halogens is 5. The normalized spacial score (nSPS) is 11.8. The molecule has 27 heavy (non-hydrogen) atoms. The number of rotatable bonds is 2. The molecular formula is C18H11Cl2F3N2O2. The smallest absolute Gasteiger partial charge is 0.298 e. The molecular weight excluding hydrogens is 404 g/mol. The highest BCUT2D eigenvalue weighted by atomic mass is 35.5. The number of hydrogen-bond acceptors (Lipinski definition) is 3. The molecule has 0 saturated carbocycles. The van der Waals surface area contributed by atoms with Crippen LogP contribution < -0.4 is 0 Å². The molecule has 1 heterocycles. The Labute approximate surface area is 161 Å². The maximum atomic E-state index is 13.1.